The number of fused-ring (bicyclic) bond motifs is 1. The minimum Gasteiger partial charge on any atom is -0.302 e. The summed E-state index contributed by atoms with van der Waals surface area (Å²) in [5.74, 6) is 1.45. The fourth-order valence-corrected chi connectivity index (χ4v) is 4.71. The van der Waals surface area contributed by atoms with E-state index < -0.39 is 0 Å². The molecule has 4 rings (SSSR count). The van der Waals surface area contributed by atoms with Crippen LogP contribution in [-0.4, -0.2) is 24.1 Å². The molecule has 3 heterocycles. The molecule has 1 aromatic carbocycles. The van der Waals surface area contributed by atoms with Crippen LogP contribution in [0.1, 0.15) is 22.8 Å². The van der Waals surface area contributed by atoms with E-state index >= 15 is 0 Å². The van der Waals surface area contributed by atoms with Crippen molar-refractivity contribution in [2.75, 3.05) is 0 Å². The van der Waals surface area contributed by atoms with Crippen molar-refractivity contribution in [3.63, 3.8) is 0 Å². The molecule has 0 N–H and O–H groups in total. The highest BCUT2D eigenvalue weighted by atomic mass is 32.2. The standard InChI is InChI=1S/C20H19N5OS2/c1-3-9-24-17(10-15-7-5-4-6-8-15)22-23-20(24)28-13-16-11-18(26)25-14(2)12-27-19(25)21-16/h3-8,11-12H,1,9-10,13H2,2H3. The van der Waals surface area contributed by atoms with E-state index in [1.54, 1.807) is 10.5 Å². The molecular weight excluding hydrogens is 390 g/mol. The summed E-state index contributed by atoms with van der Waals surface area (Å²) in [6.45, 7) is 6.40. The number of aromatic nitrogens is 5. The fraction of sp³-hybridized carbons (Fsp3) is 0.200. The number of thioether (sulfide) groups is 1. The van der Waals surface area contributed by atoms with Gasteiger partial charge in [0.2, 0.25) is 0 Å². The fourth-order valence-electron chi connectivity index (χ4n) is 2.96. The van der Waals surface area contributed by atoms with Crippen LogP contribution in [0.5, 0.6) is 0 Å². The molecule has 4 aromatic rings. The molecule has 0 aliphatic heterocycles. The van der Waals surface area contributed by atoms with Crippen molar-refractivity contribution in [1.29, 1.82) is 0 Å². The summed E-state index contributed by atoms with van der Waals surface area (Å²) in [4.78, 5) is 17.7. The molecule has 0 fully saturated rings. The highest BCUT2D eigenvalue weighted by Crippen LogP contribution is 2.23. The summed E-state index contributed by atoms with van der Waals surface area (Å²) in [5, 5.41) is 11.5. The van der Waals surface area contributed by atoms with Gasteiger partial charge < -0.3 is 4.57 Å². The Morgan fingerprint density at radius 1 is 1.25 bits per heavy atom. The van der Waals surface area contributed by atoms with Gasteiger partial charge in [-0.05, 0) is 12.5 Å². The number of thiazole rings is 1. The summed E-state index contributed by atoms with van der Waals surface area (Å²) in [6, 6.07) is 11.8. The molecule has 0 aliphatic rings. The second-order valence-electron chi connectivity index (χ2n) is 6.33. The normalized spacial score (nSPS) is 11.2. The lowest BCUT2D eigenvalue weighted by Gasteiger charge is -2.08. The summed E-state index contributed by atoms with van der Waals surface area (Å²) in [5.41, 5.74) is 2.80. The van der Waals surface area contributed by atoms with Gasteiger partial charge in [0.25, 0.3) is 5.56 Å². The van der Waals surface area contributed by atoms with E-state index in [-0.39, 0.29) is 5.56 Å². The molecule has 0 saturated heterocycles. The minimum absolute atomic E-state index is 0.0447. The molecule has 0 unspecified atom stereocenters. The first kappa shape index (κ1) is 18.6. The van der Waals surface area contributed by atoms with Crippen LogP contribution >= 0.6 is 23.1 Å². The molecule has 3 aromatic heterocycles. The highest BCUT2D eigenvalue weighted by molar-refractivity contribution is 7.98. The Balaban J connectivity index is 1.56. The molecule has 0 aliphatic carbocycles. The Morgan fingerprint density at radius 2 is 2.07 bits per heavy atom. The highest BCUT2D eigenvalue weighted by Gasteiger charge is 2.14. The van der Waals surface area contributed by atoms with Crippen molar-refractivity contribution >= 4 is 28.1 Å². The third-order valence-electron chi connectivity index (χ3n) is 4.29. The molecular formula is C20H19N5OS2. The van der Waals surface area contributed by atoms with Gasteiger partial charge in [0.05, 0.1) is 5.69 Å². The topological polar surface area (TPSA) is 65.1 Å². The van der Waals surface area contributed by atoms with Gasteiger partial charge in [-0.1, -0.05) is 48.2 Å². The predicted octanol–water partition coefficient (Wildman–Crippen LogP) is 3.73. The van der Waals surface area contributed by atoms with E-state index in [1.807, 2.05) is 36.6 Å². The maximum Gasteiger partial charge on any atom is 0.258 e. The molecule has 0 radical (unpaired) electrons. The third kappa shape index (κ3) is 3.79. The Morgan fingerprint density at radius 3 is 2.86 bits per heavy atom. The van der Waals surface area contributed by atoms with Crippen LogP contribution in [0.4, 0.5) is 0 Å². The third-order valence-corrected chi connectivity index (χ3v) is 6.23. The maximum atomic E-state index is 12.3. The number of nitrogens with zero attached hydrogens (tertiary/aromatic N) is 5. The lowest BCUT2D eigenvalue weighted by Crippen LogP contribution is -2.14. The Hall–Kier alpha value is -2.71. The van der Waals surface area contributed by atoms with Crippen molar-refractivity contribution in [2.24, 2.45) is 0 Å². The van der Waals surface area contributed by atoms with E-state index in [0.29, 0.717) is 18.7 Å². The average molecular weight is 410 g/mol. The van der Waals surface area contributed by atoms with Crippen LogP contribution < -0.4 is 5.56 Å². The molecule has 0 bridgehead atoms. The zero-order valence-electron chi connectivity index (χ0n) is 15.4. The molecule has 8 heteroatoms. The zero-order valence-corrected chi connectivity index (χ0v) is 17.0. The van der Waals surface area contributed by atoms with Gasteiger partial charge in [0, 0.05) is 35.9 Å². The second-order valence-corrected chi connectivity index (χ2v) is 8.11. The monoisotopic (exact) mass is 409 g/mol. The van der Waals surface area contributed by atoms with Gasteiger partial charge in [0.15, 0.2) is 10.1 Å². The SMILES string of the molecule is C=CCn1c(Cc2ccccc2)nnc1SCc1cc(=O)n2c(C)csc2n1. The first-order chi connectivity index (χ1) is 13.7. The largest absolute Gasteiger partial charge is 0.302 e. The molecule has 0 saturated carbocycles. The Labute approximate surface area is 170 Å². The van der Waals surface area contributed by atoms with Crippen LogP contribution in [-0.2, 0) is 18.7 Å². The van der Waals surface area contributed by atoms with E-state index in [0.717, 1.165) is 27.3 Å². The lowest BCUT2D eigenvalue weighted by molar-refractivity contribution is 0.690. The maximum absolute atomic E-state index is 12.3. The number of hydrogen-bond donors (Lipinski definition) is 0. The van der Waals surface area contributed by atoms with Gasteiger partial charge in [-0.15, -0.1) is 28.1 Å². The van der Waals surface area contributed by atoms with Crippen LogP contribution in [0, 0.1) is 6.92 Å². The summed E-state index contributed by atoms with van der Waals surface area (Å²) in [7, 11) is 0. The van der Waals surface area contributed by atoms with Gasteiger partial charge in [-0.2, -0.15) is 0 Å². The first-order valence-corrected chi connectivity index (χ1v) is 10.7. The Kier molecular flexibility index (Phi) is 5.40. The lowest BCUT2D eigenvalue weighted by atomic mass is 10.1. The predicted molar refractivity (Wildman–Crippen MR) is 113 cm³/mol. The molecule has 0 atom stereocenters. The van der Waals surface area contributed by atoms with Crippen LogP contribution in [0.25, 0.3) is 4.96 Å². The zero-order chi connectivity index (χ0) is 19.5. The smallest absolute Gasteiger partial charge is 0.258 e. The van der Waals surface area contributed by atoms with Crippen LogP contribution in [0.2, 0.25) is 0 Å². The minimum atomic E-state index is -0.0447. The molecule has 0 amide bonds. The van der Waals surface area contributed by atoms with Crippen LogP contribution in [0.3, 0.4) is 0 Å². The van der Waals surface area contributed by atoms with Crippen LogP contribution in [0.15, 0.2) is 64.4 Å². The quantitative estimate of drug-likeness (QED) is 0.344. The summed E-state index contributed by atoms with van der Waals surface area (Å²) >= 11 is 3.01. The number of benzene rings is 1. The van der Waals surface area contributed by atoms with Crippen molar-refractivity contribution in [3.8, 4) is 0 Å². The van der Waals surface area contributed by atoms with E-state index in [2.05, 4.69) is 38.5 Å². The average Bonchev–Trinajstić information content (AvgIpc) is 3.25. The van der Waals surface area contributed by atoms with Gasteiger partial charge in [-0.25, -0.2) is 4.98 Å². The first-order valence-electron chi connectivity index (χ1n) is 8.82. The molecule has 142 valence electrons. The van der Waals surface area contributed by atoms with Crippen molar-refractivity contribution < 1.29 is 0 Å². The van der Waals surface area contributed by atoms with Gasteiger partial charge >= 0.3 is 0 Å². The number of hydrogen-bond acceptors (Lipinski definition) is 6. The number of aryl methyl sites for hydroxylation is 1. The van der Waals surface area contributed by atoms with E-state index in [9.17, 15) is 4.79 Å². The molecule has 28 heavy (non-hydrogen) atoms. The van der Waals surface area contributed by atoms with E-state index in [1.165, 1.54) is 28.7 Å². The Bertz CT molecular complexity index is 1180. The molecule has 6 nitrogen and oxygen atoms in total. The van der Waals surface area contributed by atoms with E-state index in [4.69, 9.17) is 0 Å². The summed E-state index contributed by atoms with van der Waals surface area (Å²) in [6.07, 6.45) is 2.55. The second kappa shape index (κ2) is 8.12. The molecule has 0 spiro atoms. The number of rotatable bonds is 7. The summed E-state index contributed by atoms with van der Waals surface area (Å²) < 4.78 is 3.70. The van der Waals surface area contributed by atoms with Crippen molar-refractivity contribution in [2.45, 2.75) is 30.8 Å². The van der Waals surface area contributed by atoms with Crippen molar-refractivity contribution in [3.05, 3.63) is 87.6 Å². The van der Waals surface area contributed by atoms with Gasteiger partial charge in [0.1, 0.15) is 5.82 Å². The van der Waals surface area contributed by atoms with Gasteiger partial charge in [-0.3, -0.25) is 9.20 Å². The van der Waals surface area contributed by atoms with Crippen molar-refractivity contribution in [1.82, 2.24) is 24.1 Å². The number of allylic oxidation sites excluding steroid dienone is 1.